The number of likely N-dealkylation sites (tertiary alicyclic amines) is 1. The first-order valence-corrected chi connectivity index (χ1v) is 5.97. The van der Waals surface area contributed by atoms with Gasteiger partial charge < -0.3 is 10.1 Å². The van der Waals surface area contributed by atoms with E-state index in [0.29, 0.717) is 5.71 Å². The van der Waals surface area contributed by atoms with Crippen molar-refractivity contribution in [2.75, 3.05) is 20.1 Å². The molecule has 1 aromatic carbocycles. The molecule has 1 saturated heterocycles. The third-order valence-electron chi connectivity index (χ3n) is 3.42. The number of halogens is 2. The van der Waals surface area contributed by atoms with Crippen molar-refractivity contribution in [2.24, 2.45) is 11.1 Å². The molecule has 1 N–H and O–H groups in total. The minimum atomic E-state index is -0.679. The quantitative estimate of drug-likeness (QED) is 0.500. The van der Waals surface area contributed by atoms with Crippen molar-refractivity contribution in [1.29, 1.82) is 0 Å². The van der Waals surface area contributed by atoms with Gasteiger partial charge in [-0.05, 0) is 45.1 Å². The molecule has 0 bridgehead atoms. The van der Waals surface area contributed by atoms with Crippen LogP contribution in [0.4, 0.5) is 8.78 Å². The van der Waals surface area contributed by atoms with Crippen molar-refractivity contribution in [3.8, 4) is 0 Å². The fourth-order valence-corrected chi connectivity index (χ4v) is 2.33. The second-order valence-electron chi connectivity index (χ2n) is 4.69. The summed E-state index contributed by atoms with van der Waals surface area (Å²) in [6.45, 7) is 1.76. The van der Waals surface area contributed by atoms with Crippen LogP contribution in [0.5, 0.6) is 0 Å². The fourth-order valence-electron chi connectivity index (χ4n) is 2.33. The molecule has 0 aromatic heterocycles. The van der Waals surface area contributed by atoms with Crippen molar-refractivity contribution < 1.29 is 14.0 Å². The zero-order chi connectivity index (χ0) is 13.1. The van der Waals surface area contributed by atoms with E-state index in [1.54, 1.807) is 0 Å². The van der Waals surface area contributed by atoms with Crippen molar-refractivity contribution in [3.63, 3.8) is 0 Å². The number of nitrogens with zero attached hydrogens (tertiary/aromatic N) is 2. The molecule has 0 aliphatic carbocycles. The smallest absolute Gasteiger partial charge is 0.135 e. The Morgan fingerprint density at radius 1 is 1.33 bits per heavy atom. The highest BCUT2D eigenvalue weighted by Gasteiger charge is 2.25. The van der Waals surface area contributed by atoms with Crippen molar-refractivity contribution in [1.82, 2.24) is 4.90 Å². The average Bonchev–Trinajstić information content (AvgIpc) is 2.35. The zero-order valence-electron chi connectivity index (χ0n) is 10.2. The van der Waals surface area contributed by atoms with Crippen LogP contribution in [-0.2, 0) is 0 Å². The Hall–Kier alpha value is -1.49. The van der Waals surface area contributed by atoms with E-state index in [1.807, 2.05) is 7.05 Å². The van der Waals surface area contributed by atoms with E-state index in [9.17, 15) is 8.78 Å². The Morgan fingerprint density at radius 3 is 2.56 bits per heavy atom. The SMILES string of the molecule is CN1CCC(/C(=N/O)c2ccc(F)cc2F)CC1. The van der Waals surface area contributed by atoms with Gasteiger partial charge in [0.05, 0.1) is 5.71 Å². The minimum absolute atomic E-state index is 0.0196. The lowest BCUT2D eigenvalue weighted by Crippen LogP contribution is -2.34. The normalized spacial score (nSPS) is 19.2. The number of hydrogen-bond donors (Lipinski definition) is 1. The number of oxime groups is 1. The summed E-state index contributed by atoms with van der Waals surface area (Å²) in [6, 6.07) is 3.33. The van der Waals surface area contributed by atoms with Crippen molar-refractivity contribution in [3.05, 3.63) is 35.4 Å². The molecule has 18 heavy (non-hydrogen) atoms. The van der Waals surface area contributed by atoms with Gasteiger partial charge in [0.2, 0.25) is 0 Å². The second kappa shape index (κ2) is 5.44. The van der Waals surface area contributed by atoms with E-state index in [0.717, 1.165) is 32.0 Å². The standard InChI is InChI=1S/C13H16F2N2O/c1-17-6-4-9(5-7-17)13(16-18)11-3-2-10(14)8-12(11)15/h2-3,8-9,18H,4-7H2,1H3/b16-13-. The fraction of sp³-hybridized carbons (Fsp3) is 0.462. The van der Waals surface area contributed by atoms with E-state index in [1.165, 1.54) is 12.1 Å². The second-order valence-corrected chi connectivity index (χ2v) is 4.69. The summed E-state index contributed by atoms with van der Waals surface area (Å²) in [5.41, 5.74) is 0.508. The van der Waals surface area contributed by atoms with E-state index in [2.05, 4.69) is 10.1 Å². The molecule has 1 heterocycles. The molecule has 0 saturated carbocycles. The van der Waals surface area contributed by atoms with E-state index in [4.69, 9.17) is 5.21 Å². The van der Waals surface area contributed by atoms with Gasteiger partial charge in [-0.25, -0.2) is 8.78 Å². The molecule has 5 heteroatoms. The molecule has 1 aliphatic heterocycles. The highest BCUT2D eigenvalue weighted by molar-refractivity contribution is 6.02. The summed E-state index contributed by atoms with van der Waals surface area (Å²) in [6.07, 6.45) is 1.62. The molecule has 0 radical (unpaired) electrons. The Labute approximate surface area is 105 Å². The number of hydrogen-bond acceptors (Lipinski definition) is 3. The van der Waals surface area contributed by atoms with Crippen molar-refractivity contribution in [2.45, 2.75) is 12.8 Å². The van der Waals surface area contributed by atoms with Crippen LogP contribution >= 0.6 is 0 Å². The minimum Gasteiger partial charge on any atom is -0.411 e. The van der Waals surface area contributed by atoms with Gasteiger partial charge in [-0.2, -0.15) is 0 Å². The zero-order valence-corrected chi connectivity index (χ0v) is 10.2. The molecule has 3 nitrogen and oxygen atoms in total. The summed E-state index contributed by atoms with van der Waals surface area (Å²) >= 11 is 0. The topological polar surface area (TPSA) is 35.8 Å². The molecule has 1 aliphatic rings. The lowest BCUT2D eigenvalue weighted by atomic mass is 9.88. The van der Waals surface area contributed by atoms with Gasteiger partial charge in [0, 0.05) is 17.5 Å². The summed E-state index contributed by atoms with van der Waals surface area (Å²) in [5.74, 6) is -1.29. The molecule has 0 atom stereocenters. The van der Waals surface area contributed by atoms with Gasteiger partial charge in [0.15, 0.2) is 0 Å². The van der Waals surface area contributed by atoms with Gasteiger partial charge in [-0.1, -0.05) is 5.16 Å². The van der Waals surface area contributed by atoms with Gasteiger partial charge in [-0.15, -0.1) is 0 Å². The molecule has 1 fully saturated rings. The number of piperidine rings is 1. The Bertz CT molecular complexity index is 454. The van der Waals surface area contributed by atoms with Crippen LogP contribution in [0.3, 0.4) is 0 Å². The van der Waals surface area contributed by atoms with E-state index >= 15 is 0 Å². The van der Waals surface area contributed by atoms with E-state index in [-0.39, 0.29) is 11.5 Å². The monoisotopic (exact) mass is 254 g/mol. The van der Waals surface area contributed by atoms with Crippen LogP contribution in [0.25, 0.3) is 0 Å². The maximum absolute atomic E-state index is 13.7. The van der Waals surface area contributed by atoms with Gasteiger partial charge >= 0.3 is 0 Å². The first kappa shape index (κ1) is 13.0. The highest BCUT2D eigenvalue weighted by atomic mass is 19.1. The largest absolute Gasteiger partial charge is 0.411 e. The van der Waals surface area contributed by atoms with Crippen LogP contribution in [0.1, 0.15) is 18.4 Å². The lowest BCUT2D eigenvalue weighted by molar-refractivity contribution is 0.246. The first-order chi connectivity index (χ1) is 8.61. The molecular formula is C13H16F2N2O. The third kappa shape index (κ3) is 2.67. The molecule has 2 rings (SSSR count). The first-order valence-electron chi connectivity index (χ1n) is 5.97. The maximum atomic E-state index is 13.7. The summed E-state index contributed by atoms with van der Waals surface area (Å²) in [5, 5.41) is 12.3. The lowest BCUT2D eigenvalue weighted by Gasteiger charge is -2.29. The van der Waals surface area contributed by atoms with Crippen LogP contribution in [0.2, 0.25) is 0 Å². The van der Waals surface area contributed by atoms with Crippen LogP contribution < -0.4 is 0 Å². The van der Waals surface area contributed by atoms with Crippen LogP contribution in [-0.4, -0.2) is 36.0 Å². The predicted molar refractivity (Wildman–Crippen MR) is 64.9 cm³/mol. The molecule has 1 aromatic rings. The van der Waals surface area contributed by atoms with Gasteiger partial charge in [-0.3, -0.25) is 0 Å². The number of rotatable bonds is 2. The van der Waals surface area contributed by atoms with Crippen LogP contribution in [0, 0.1) is 17.6 Å². The summed E-state index contributed by atoms with van der Waals surface area (Å²) in [7, 11) is 2.02. The Balaban J connectivity index is 2.23. The van der Waals surface area contributed by atoms with Crippen LogP contribution in [0.15, 0.2) is 23.4 Å². The third-order valence-corrected chi connectivity index (χ3v) is 3.42. The highest BCUT2D eigenvalue weighted by Crippen LogP contribution is 2.23. The van der Waals surface area contributed by atoms with E-state index < -0.39 is 11.6 Å². The van der Waals surface area contributed by atoms with Gasteiger partial charge in [0.1, 0.15) is 11.6 Å². The Morgan fingerprint density at radius 2 is 2.00 bits per heavy atom. The van der Waals surface area contributed by atoms with Crippen molar-refractivity contribution >= 4 is 5.71 Å². The molecule has 0 unspecified atom stereocenters. The average molecular weight is 254 g/mol. The number of benzene rings is 1. The molecule has 98 valence electrons. The maximum Gasteiger partial charge on any atom is 0.135 e. The summed E-state index contributed by atoms with van der Waals surface area (Å²) in [4.78, 5) is 2.17. The van der Waals surface area contributed by atoms with Gasteiger partial charge in [0.25, 0.3) is 0 Å². The molecular weight excluding hydrogens is 238 g/mol. The molecule has 0 spiro atoms. The summed E-state index contributed by atoms with van der Waals surface area (Å²) < 4.78 is 26.5. The Kier molecular flexibility index (Phi) is 3.91. The molecule has 0 amide bonds. The predicted octanol–water partition coefficient (Wildman–Crippen LogP) is 2.48.